The predicted octanol–water partition coefficient (Wildman–Crippen LogP) is 7.10. The highest BCUT2D eigenvalue weighted by atomic mass is 32.1. The SMILES string of the molecule is Cc1cnc(NC(=O)CCC2CC(=O)C3(C)CCC4c5ccc(OCc6ccccc6)cc5CCC4C23)s1. The maximum absolute atomic E-state index is 13.3. The molecule has 0 bridgehead atoms. The number of aryl methyl sites for hydroxylation is 2. The first-order chi connectivity index (χ1) is 18.4. The first kappa shape index (κ1) is 25.3. The molecule has 1 aromatic heterocycles. The van der Waals surface area contributed by atoms with E-state index < -0.39 is 0 Å². The van der Waals surface area contributed by atoms with Gasteiger partial charge in [0, 0.05) is 29.3 Å². The van der Waals surface area contributed by atoms with Crippen LogP contribution in [0.15, 0.2) is 54.7 Å². The number of nitrogens with zero attached hydrogens (tertiary/aromatic N) is 1. The van der Waals surface area contributed by atoms with Gasteiger partial charge in [0.15, 0.2) is 5.13 Å². The summed E-state index contributed by atoms with van der Waals surface area (Å²) < 4.78 is 6.12. The highest BCUT2D eigenvalue weighted by Gasteiger charge is 2.58. The minimum atomic E-state index is -0.245. The Morgan fingerprint density at radius 3 is 2.82 bits per heavy atom. The van der Waals surface area contributed by atoms with E-state index in [0.717, 1.165) is 42.7 Å². The lowest BCUT2D eigenvalue weighted by atomic mass is 9.54. The summed E-state index contributed by atoms with van der Waals surface area (Å²) in [6.07, 6.45) is 7.76. The van der Waals surface area contributed by atoms with Crippen LogP contribution >= 0.6 is 11.3 Å². The van der Waals surface area contributed by atoms with Gasteiger partial charge in [-0.15, -0.1) is 11.3 Å². The van der Waals surface area contributed by atoms with Crippen molar-refractivity contribution in [3.8, 4) is 5.75 Å². The number of rotatable bonds is 7. The lowest BCUT2D eigenvalue weighted by molar-refractivity contribution is -0.129. The number of hydrogen-bond acceptors (Lipinski definition) is 5. The zero-order valence-corrected chi connectivity index (χ0v) is 23.1. The zero-order valence-electron chi connectivity index (χ0n) is 22.2. The van der Waals surface area contributed by atoms with Gasteiger partial charge in [-0.05, 0) is 91.5 Å². The molecular formula is C32H36N2O3S. The van der Waals surface area contributed by atoms with Crippen molar-refractivity contribution in [2.75, 3.05) is 5.32 Å². The molecule has 2 fully saturated rings. The summed E-state index contributed by atoms with van der Waals surface area (Å²) in [4.78, 5) is 31.3. The van der Waals surface area contributed by atoms with Crippen LogP contribution in [0.3, 0.4) is 0 Å². The molecule has 38 heavy (non-hydrogen) atoms. The second kappa shape index (κ2) is 10.3. The molecule has 0 radical (unpaired) electrons. The third-order valence-corrected chi connectivity index (χ3v) is 10.2. The molecule has 1 amide bonds. The molecule has 5 unspecified atom stereocenters. The molecular weight excluding hydrogens is 492 g/mol. The Labute approximate surface area is 229 Å². The number of fused-ring (bicyclic) bond motifs is 5. The van der Waals surface area contributed by atoms with Crippen molar-refractivity contribution >= 4 is 28.2 Å². The molecule has 0 aliphatic heterocycles. The molecule has 3 aromatic rings. The van der Waals surface area contributed by atoms with Crippen LogP contribution in [0, 0.1) is 30.1 Å². The highest BCUT2D eigenvalue weighted by molar-refractivity contribution is 7.15. The Kier molecular flexibility index (Phi) is 6.85. The van der Waals surface area contributed by atoms with E-state index in [0.29, 0.717) is 48.1 Å². The van der Waals surface area contributed by atoms with Crippen molar-refractivity contribution < 1.29 is 14.3 Å². The molecule has 0 saturated heterocycles. The van der Waals surface area contributed by atoms with Crippen molar-refractivity contribution in [3.05, 3.63) is 76.3 Å². The first-order valence-electron chi connectivity index (χ1n) is 14.0. The summed E-state index contributed by atoms with van der Waals surface area (Å²) in [5.74, 6) is 2.97. The van der Waals surface area contributed by atoms with Gasteiger partial charge in [-0.25, -0.2) is 4.98 Å². The Hall–Kier alpha value is -2.99. The van der Waals surface area contributed by atoms with E-state index in [2.05, 4.69) is 47.6 Å². The molecule has 2 saturated carbocycles. The van der Waals surface area contributed by atoms with Crippen molar-refractivity contribution in [3.63, 3.8) is 0 Å². The summed E-state index contributed by atoms with van der Waals surface area (Å²) in [6, 6.07) is 16.9. The molecule has 3 aliphatic rings. The number of benzene rings is 2. The summed E-state index contributed by atoms with van der Waals surface area (Å²) in [6.45, 7) is 4.77. The fourth-order valence-electron chi connectivity index (χ4n) is 7.62. The quantitative estimate of drug-likeness (QED) is 0.355. The standard InChI is InChI=1S/C32H36N2O3S/c1-20-18-33-31(38-20)34-29(36)13-9-23-17-28(35)32(2)15-14-26-25-12-10-24(37-19-21-6-4-3-5-7-21)16-22(25)8-11-27(26)30(23)32/h3-7,10,12,16,18,23,26-27,30H,8-9,11,13-15,17,19H2,1-2H3,(H,33,34,36). The van der Waals surface area contributed by atoms with Crippen LogP contribution in [0.1, 0.15) is 72.9 Å². The zero-order chi connectivity index (χ0) is 26.3. The van der Waals surface area contributed by atoms with Crippen LogP contribution in [0.4, 0.5) is 5.13 Å². The van der Waals surface area contributed by atoms with E-state index in [4.69, 9.17) is 4.74 Å². The van der Waals surface area contributed by atoms with Gasteiger partial charge in [0.1, 0.15) is 18.1 Å². The summed E-state index contributed by atoms with van der Waals surface area (Å²) in [5.41, 5.74) is 3.78. The van der Waals surface area contributed by atoms with Gasteiger partial charge < -0.3 is 10.1 Å². The number of anilines is 1. The van der Waals surface area contributed by atoms with Crippen molar-refractivity contribution in [1.29, 1.82) is 0 Å². The highest BCUT2D eigenvalue weighted by Crippen LogP contribution is 2.62. The van der Waals surface area contributed by atoms with E-state index in [1.54, 1.807) is 6.20 Å². The van der Waals surface area contributed by atoms with Crippen LogP contribution in [-0.2, 0) is 22.6 Å². The third kappa shape index (κ3) is 4.79. The van der Waals surface area contributed by atoms with Gasteiger partial charge in [0.25, 0.3) is 0 Å². The minimum absolute atomic E-state index is 0.00443. The number of ketones is 1. The van der Waals surface area contributed by atoms with Gasteiger partial charge in [-0.1, -0.05) is 43.3 Å². The molecule has 1 N–H and O–H groups in total. The Morgan fingerprint density at radius 1 is 1.18 bits per heavy atom. The Morgan fingerprint density at radius 2 is 2.03 bits per heavy atom. The summed E-state index contributed by atoms with van der Waals surface area (Å²) in [7, 11) is 0. The van der Waals surface area contributed by atoms with Gasteiger partial charge in [0.2, 0.25) is 5.91 Å². The average Bonchev–Trinajstić information content (AvgIpc) is 3.45. The van der Waals surface area contributed by atoms with Gasteiger partial charge >= 0.3 is 0 Å². The van der Waals surface area contributed by atoms with Crippen LogP contribution in [0.2, 0.25) is 0 Å². The molecule has 6 heteroatoms. The average molecular weight is 529 g/mol. The molecule has 1 heterocycles. The van der Waals surface area contributed by atoms with Crippen molar-refractivity contribution in [1.82, 2.24) is 4.98 Å². The van der Waals surface area contributed by atoms with E-state index in [-0.39, 0.29) is 17.2 Å². The van der Waals surface area contributed by atoms with Crippen molar-refractivity contribution in [2.45, 2.75) is 71.3 Å². The second-order valence-electron chi connectivity index (χ2n) is 11.7. The lowest BCUT2D eigenvalue weighted by Crippen LogP contribution is -2.44. The van der Waals surface area contributed by atoms with Crippen molar-refractivity contribution in [2.24, 2.45) is 23.2 Å². The molecule has 5 nitrogen and oxygen atoms in total. The van der Waals surface area contributed by atoms with Crippen LogP contribution in [0.5, 0.6) is 5.75 Å². The smallest absolute Gasteiger partial charge is 0.226 e. The Bertz CT molecular complexity index is 1340. The molecule has 2 aromatic carbocycles. The predicted molar refractivity (Wildman–Crippen MR) is 150 cm³/mol. The fraction of sp³-hybridized carbons (Fsp3) is 0.469. The van der Waals surface area contributed by atoms with Gasteiger partial charge in [-0.2, -0.15) is 0 Å². The maximum Gasteiger partial charge on any atom is 0.226 e. The van der Waals surface area contributed by atoms with E-state index in [1.807, 2.05) is 25.1 Å². The van der Waals surface area contributed by atoms with Gasteiger partial charge in [0.05, 0.1) is 0 Å². The first-order valence-corrected chi connectivity index (χ1v) is 14.8. The van der Waals surface area contributed by atoms with Crippen LogP contribution in [-0.4, -0.2) is 16.7 Å². The maximum atomic E-state index is 13.3. The number of amides is 1. The number of hydrogen-bond donors (Lipinski definition) is 1. The van der Waals surface area contributed by atoms with E-state index >= 15 is 0 Å². The monoisotopic (exact) mass is 528 g/mol. The number of carbonyl (C=O) groups is 2. The lowest BCUT2D eigenvalue weighted by Gasteiger charge is -2.50. The number of Topliss-reactive ketones (excluding diaryl/α,β-unsaturated/α-hetero) is 1. The van der Waals surface area contributed by atoms with Gasteiger partial charge in [-0.3, -0.25) is 9.59 Å². The molecule has 0 spiro atoms. The number of nitrogens with one attached hydrogen (secondary N) is 1. The van der Waals surface area contributed by atoms with Crippen LogP contribution in [0.25, 0.3) is 0 Å². The normalized spacial score (nSPS) is 27.8. The third-order valence-electron chi connectivity index (χ3n) is 9.40. The molecule has 198 valence electrons. The number of ether oxygens (including phenoxy) is 1. The summed E-state index contributed by atoms with van der Waals surface area (Å²) >= 11 is 1.50. The number of aromatic nitrogens is 1. The van der Waals surface area contributed by atoms with E-state index in [1.165, 1.54) is 28.0 Å². The second-order valence-corrected chi connectivity index (χ2v) is 12.9. The molecule has 6 rings (SSSR count). The fourth-order valence-corrected chi connectivity index (χ4v) is 8.31. The topological polar surface area (TPSA) is 68.3 Å². The molecule has 3 aliphatic carbocycles. The number of thiazole rings is 1. The number of carbonyl (C=O) groups excluding carboxylic acids is 2. The minimum Gasteiger partial charge on any atom is -0.489 e. The Balaban J connectivity index is 1.15. The van der Waals surface area contributed by atoms with E-state index in [9.17, 15) is 9.59 Å². The van der Waals surface area contributed by atoms with Crippen LogP contribution < -0.4 is 10.1 Å². The summed E-state index contributed by atoms with van der Waals surface area (Å²) in [5, 5.41) is 3.61. The largest absolute Gasteiger partial charge is 0.489 e. The molecule has 5 atom stereocenters.